The molecule has 0 saturated heterocycles. The van der Waals surface area contributed by atoms with E-state index in [4.69, 9.17) is 10.8 Å². The minimum Gasteiger partial charge on any atom is -0.508 e. The van der Waals surface area contributed by atoms with E-state index < -0.39 is 169 Å². The number of benzene rings is 3. The molecule has 0 unspecified atom stereocenters. The van der Waals surface area contributed by atoms with E-state index in [0.717, 1.165) is 6.92 Å². The molecule has 0 aliphatic rings. The molecular weight excluding hydrogens is 1180 g/mol. The van der Waals surface area contributed by atoms with Crippen LogP contribution in [0.5, 0.6) is 11.5 Å². The van der Waals surface area contributed by atoms with Crippen LogP contribution in [0.2, 0.25) is 0 Å². The second kappa shape index (κ2) is 37.1. The molecule has 0 spiro atoms. The van der Waals surface area contributed by atoms with Crippen molar-refractivity contribution in [2.75, 3.05) is 31.3 Å². The van der Waals surface area contributed by atoms with E-state index in [0.29, 0.717) is 23.1 Å². The van der Waals surface area contributed by atoms with Crippen molar-refractivity contribution >= 4 is 96.3 Å². The number of thiol groups is 2. The van der Waals surface area contributed by atoms with Gasteiger partial charge >= 0.3 is 11.9 Å². The number of carboxylic acids is 2. The van der Waals surface area contributed by atoms with E-state index in [-0.39, 0.29) is 50.1 Å². The second-order valence-electron chi connectivity index (χ2n) is 19.9. The van der Waals surface area contributed by atoms with E-state index >= 15 is 0 Å². The van der Waals surface area contributed by atoms with Crippen molar-refractivity contribution < 1.29 is 93.3 Å². The molecule has 3 aromatic carbocycles. The predicted molar refractivity (Wildman–Crippen MR) is 315 cm³/mol. The fraction of sp³-hybridized carbons (Fsp3) is 0.455. The maximum Gasteiger partial charge on any atom is 0.326 e. The first-order valence-corrected chi connectivity index (χ1v) is 28.4. The number of phenolic OH excluding ortho intramolecular Hbond substituents is 2. The van der Waals surface area contributed by atoms with Crippen molar-refractivity contribution in [3.8, 4) is 11.5 Å². The van der Waals surface area contributed by atoms with Gasteiger partial charge in [-0.15, -0.1) is 0 Å². The van der Waals surface area contributed by atoms with Crippen LogP contribution in [0.15, 0.2) is 78.9 Å². The summed E-state index contributed by atoms with van der Waals surface area (Å²) < 4.78 is 0. The fourth-order valence-corrected chi connectivity index (χ4v) is 8.71. The van der Waals surface area contributed by atoms with Crippen LogP contribution >= 0.6 is 25.3 Å². The van der Waals surface area contributed by atoms with Crippen LogP contribution in [-0.4, -0.2) is 205 Å². The number of hydrogen-bond donors (Lipinski definition) is 20. The third-order valence-electron chi connectivity index (χ3n) is 12.9. The Morgan fingerprint density at radius 2 is 0.793 bits per heavy atom. The van der Waals surface area contributed by atoms with Gasteiger partial charge in [0.15, 0.2) is 0 Å². The Bertz CT molecular complexity index is 2840. The summed E-state index contributed by atoms with van der Waals surface area (Å²) in [5.41, 5.74) is 7.03. The smallest absolute Gasteiger partial charge is 0.326 e. The molecular formula is C55H75N11O19S2. The van der Waals surface area contributed by atoms with E-state index in [1.165, 1.54) is 55.5 Å². The Kier molecular flexibility index (Phi) is 31.0. The van der Waals surface area contributed by atoms with Crippen LogP contribution in [0, 0.1) is 0 Å². The highest BCUT2D eigenvalue weighted by Gasteiger charge is 2.37. The van der Waals surface area contributed by atoms with Crippen molar-refractivity contribution in [3.63, 3.8) is 0 Å². The standard InChI is InChI=1S/C55H75N11O19S2/c1-28(69)45(66-49(78)36(57-29(2)70)20-30-8-4-3-5-9-30)54(83)63-41(25-68)51(80)65-42(26-86)52(81)60-37(21-31-11-15-33(71)16-12-31)47(76)62-40(24-67)50(79)58-35(10-6-7-19-56)46(75)59-38(22-32-13-17-34(72)18-14-32)48(77)64-43(27-87)53(82)61-39(55(84)85)23-44(73)74/h3-5,8-9,11-18,28,35-43,45,67-69,71-72,86-87H,6-7,10,19-27,56H2,1-2H3,(H,57,70)(H,58,79)(H,59,75)(H,60,81)(H,61,82)(H,62,76)(H,63,83)(H,64,77)(H,65,80)(H,66,78)(H,73,74)(H,84,85)/t28-,35+,36+,37+,38+,39+,40+,41+,42+,43+,45+/m1/s1. The van der Waals surface area contributed by atoms with Crippen molar-refractivity contribution in [1.82, 2.24) is 53.2 Å². The number of aliphatic carboxylic acids is 2. The van der Waals surface area contributed by atoms with E-state index in [1.54, 1.807) is 30.3 Å². The first-order chi connectivity index (χ1) is 41.2. The maximum absolute atomic E-state index is 14.2. The highest BCUT2D eigenvalue weighted by atomic mass is 32.1. The van der Waals surface area contributed by atoms with Crippen molar-refractivity contribution in [3.05, 3.63) is 95.6 Å². The minimum atomic E-state index is -1.90. The molecule has 0 aliphatic heterocycles. The van der Waals surface area contributed by atoms with Gasteiger partial charge in [0.05, 0.1) is 25.7 Å². The number of carbonyl (C=O) groups excluding carboxylic acids is 10. The Labute approximate surface area is 510 Å². The Morgan fingerprint density at radius 1 is 0.448 bits per heavy atom. The lowest BCUT2D eigenvalue weighted by atomic mass is 10.0. The molecule has 32 heteroatoms. The quantitative estimate of drug-likeness (QED) is 0.0190. The molecule has 30 nitrogen and oxygen atoms in total. The molecule has 0 aromatic heterocycles. The number of unbranched alkanes of at least 4 members (excludes halogenated alkanes) is 1. The van der Waals surface area contributed by atoms with Gasteiger partial charge in [-0.3, -0.25) is 52.7 Å². The third-order valence-corrected chi connectivity index (χ3v) is 13.6. The summed E-state index contributed by atoms with van der Waals surface area (Å²) in [6, 6.07) is 2.67. The zero-order valence-electron chi connectivity index (χ0n) is 47.3. The molecule has 0 heterocycles. The van der Waals surface area contributed by atoms with Crippen molar-refractivity contribution in [1.29, 1.82) is 0 Å². The summed E-state index contributed by atoms with van der Waals surface area (Å²) in [6.45, 7) is 0.263. The number of aliphatic hydroxyl groups excluding tert-OH is 3. The lowest BCUT2D eigenvalue weighted by Gasteiger charge is -2.28. The number of phenols is 2. The van der Waals surface area contributed by atoms with Crippen LogP contribution in [-0.2, 0) is 76.8 Å². The molecule has 3 aromatic rings. The Morgan fingerprint density at radius 3 is 1.18 bits per heavy atom. The van der Waals surface area contributed by atoms with Gasteiger partial charge in [-0.25, -0.2) is 4.79 Å². The van der Waals surface area contributed by atoms with Crippen LogP contribution in [0.3, 0.4) is 0 Å². The Hall–Kier alpha value is -8.56. The second-order valence-corrected chi connectivity index (χ2v) is 20.6. The van der Waals surface area contributed by atoms with Gasteiger partial charge in [0.2, 0.25) is 59.1 Å². The van der Waals surface area contributed by atoms with E-state index in [9.17, 15) is 88.2 Å². The van der Waals surface area contributed by atoms with Gasteiger partial charge in [-0.1, -0.05) is 54.6 Å². The zero-order valence-corrected chi connectivity index (χ0v) is 49.1. The number of hydrogen-bond acceptors (Lipinski definition) is 20. The van der Waals surface area contributed by atoms with Gasteiger partial charge in [0.1, 0.15) is 71.9 Å². The summed E-state index contributed by atoms with van der Waals surface area (Å²) in [5, 5.41) is 93.1. The molecule has 11 atom stereocenters. The monoisotopic (exact) mass is 1260 g/mol. The molecule has 0 radical (unpaired) electrons. The summed E-state index contributed by atoms with van der Waals surface area (Å²) in [7, 11) is 0. The minimum absolute atomic E-state index is 0.00767. The van der Waals surface area contributed by atoms with E-state index in [2.05, 4.69) is 73.1 Å². The zero-order chi connectivity index (χ0) is 64.9. The summed E-state index contributed by atoms with van der Waals surface area (Å²) in [6.07, 6.45) is -2.94. The fourth-order valence-electron chi connectivity index (χ4n) is 8.20. The molecule has 19 N–H and O–H groups in total. The van der Waals surface area contributed by atoms with Crippen LogP contribution in [0.1, 0.15) is 56.2 Å². The third kappa shape index (κ3) is 25.1. The summed E-state index contributed by atoms with van der Waals surface area (Å²) in [5.74, 6) is -14.8. The first-order valence-electron chi connectivity index (χ1n) is 27.1. The normalized spacial score (nSPS) is 14.8. The van der Waals surface area contributed by atoms with Crippen molar-refractivity contribution in [2.45, 2.75) is 125 Å². The summed E-state index contributed by atoms with van der Waals surface area (Å²) in [4.78, 5) is 159. The molecule has 476 valence electrons. The maximum atomic E-state index is 14.2. The van der Waals surface area contributed by atoms with Gasteiger partial charge in [0, 0.05) is 37.7 Å². The molecule has 0 fully saturated rings. The molecule has 0 saturated carbocycles. The van der Waals surface area contributed by atoms with Gasteiger partial charge in [-0.05, 0) is 73.7 Å². The largest absolute Gasteiger partial charge is 0.508 e. The Balaban J connectivity index is 1.85. The number of amides is 10. The average molecular weight is 1260 g/mol. The number of aromatic hydroxyl groups is 2. The van der Waals surface area contributed by atoms with E-state index in [1.807, 2.05) is 5.32 Å². The number of carbonyl (C=O) groups is 12. The molecule has 87 heavy (non-hydrogen) atoms. The van der Waals surface area contributed by atoms with Gasteiger partial charge in [-0.2, -0.15) is 25.3 Å². The number of carboxylic acid groups (broad SMARTS) is 2. The lowest BCUT2D eigenvalue weighted by molar-refractivity contribution is -0.147. The number of nitrogens with two attached hydrogens (primary N) is 1. The number of nitrogens with one attached hydrogen (secondary N) is 10. The molecule has 0 bridgehead atoms. The highest BCUT2D eigenvalue weighted by molar-refractivity contribution is 7.80. The predicted octanol–water partition coefficient (Wildman–Crippen LogP) is -5.09. The van der Waals surface area contributed by atoms with Crippen LogP contribution in [0.4, 0.5) is 0 Å². The van der Waals surface area contributed by atoms with Crippen LogP contribution in [0.25, 0.3) is 0 Å². The summed E-state index contributed by atoms with van der Waals surface area (Å²) >= 11 is 8.25. The SMILES string of the molecule is CC(=O)N[C@@H](Cc1ccccc1)C(=O)N[C@H](C(=O)N[C@@H](CO)C(=O)N[C@@H](CS)C(=O)N[C@@H](Cc1ccc(O)cc1)C(=O)N[C@@H](CO)C(=O)N[C@@H](CCCCN)C(=O)N[C@@H](Cc1ccc(O)cc1)C(=O)N[C@@H](CS)C(=O)N[C@@H](CC(=O)O)C(=O)O)[C@@H](C)O. The van der Waals surface area contributed by atoms with Gasteiger partial charge in [0.25, 0.3) is 0 Å². The first kappa shape index (κ1) is 72.7. The average Bonchev–Trinajstić information content (AvgIpc) is 3.42. The lowest BCUT2D eigenvalue weighted by Crippen LogP contribution is -2.62. The van der Waals surface area contributed by atoms with Crippen molar-refractivity contribution in [2.24, 2.45) is 5.73 Å². The van der Waals surface area contributed by atoms with Crippen LogP contribution < -0.4 is 58.9 Å². The topological polar surface area (TPSA) is 493 Å². The number of rotatable bonds is 37. The molecule has 0 aliphatic carbocycles. The molecule has 3 rings (SSSR count). The van der Waals surface area contributed by atoms with Gasteiger partial charge < -0.3 is 94.6 Å². The highest BCUT2D eigenvalue weighted by Crippen LogP contribution is 2.15. The number of aliphatic hydroxyl groups is 3. The molecule has 10 amide bonds.